The minimum absolute atomic E-state index is 0.227. The lowest BCUT2D eigenvalue weighted by atomic mass is 10.2. The van der Waals surface area contributed by atoms with Crippen molar-refractivity contribution in [1.82, 2.24) is 5.32 Å². The van der Waals surface area contributed by atoms with Gasteiger partial charge in [0.2, 0.25) is 0 Å². The van der Waals surface area contributed by atoms with E-state index in [-0.39, 0.29) is 5.75 Å². The Balaban J connectivity index is 2.62. The molecule has 6 heteroatoms. The molecule has 0 radical (unpaired) electrons. The standard InChI is InChI=1S/C12H15BrF3NO/c1-8(2)6-17-7-9-3-4-11(10(13)5-9)18-12(14,15)16/h3-5,8,17H,6-7H2,1-2H3. The minimum Gasteiger partial charge on any atom is -0.405 e. The van der Waals surface area contributed by atoms with Crippen molar-refractivity contribution in [2.75, 3.05) is 6.54 Å². The molecular weight excluding hydrogens is 311 g/mol. The van der Waals surface area contributed by atoms with Gasteiger partial charge in [0.25, 0.3) is 0 Å². The van der Waals surface area contributed by atoms with Gasteiger partial charge >= 0.3 is 6.36 Å². The first kappa shape index (κ1) is 15.3. The Morgan fingerprint density at radius 3 is 2.50 bits per heavy atom. The van der Waals surface area contributed by atoms with E-state index in [1.165, 1.54) is 6.07 Å². The Morgan fingerprint density at radius 1 is 1.33 bits per heavy atom. The molecule has 0 aliphatic carbocycles. The fourth-order valence-corrected chi connectivity index (χ4v) is 1.87. The summed E-state index contributed by atoms with van der Waals surface area (Å²) in [5.74, 6) is 0.302. The zero-order valence-electron chi connectivity index (χ0n) is 10.1. The van der Waals surface area contributed by atoms with E-state index in [9.17, 15) is 13.2 Å². The summed E-state index contributed by atoms with van der Waals surface area (Å²) in [7, 11) is 0. The fourth-order valence-electron chi connectivity index (χ4n) is 1.37. The normalized spacial score (nSPS) is 11.9. The van der Waals surface area contributed by atoms with Crippen molar-refractivity contribution in [2.24, 2.45) is 5.92 Å². The minimum atomic E-state index is -4.67. The quantitative estimate of drug-likeness (QED) is 0.880. The topological polar surface area (TPSA) is 21.3 Å². The second kappa shape index (κ2) is 6.43. The van der Waals surface area contributed by atoms with Crippen molar-refractivity contribution in [3.05, 3.63) is 28.2 Å². The Morgan fingerprint density at radius 2 is 2.00 bits per heavy atom. The molecule has 2 nitrogen and oxygen atoms in total. The number of ether oxygens (including phenoxy) is 1. The van der Waals surface area contributed by atoms with Crippen molar-refractivity contribution in [2.45, 2.75) is 26.8 Å². The molecule has 0 atom stereocenters. The number of nitrogens with one attached hydrogen (secondary N) is 1. The van der Waals surface area contributed by atoms with Crippen LogP contribution in [0.5, 0.6) is 5.75 Å². The number of alkyl halides is 3. The molecule has 0 bridgehead atoms. The summed E-state index contributed by atoms with van der Waals surface area (Å²) < 4.78 is 40.3. The third-order valence-electron chi connectivity index (χ3n) is 2.10. The Kier molecular flexibility index (Phi) is 5.47. The van der Waals surface area contributed by atoms with E-state index < -0.39 is 6.36 Å². The first-order valence-electron chi connectivity index (χ1n) is 5.53. The molecule has 0 spiro atoms. The number of halogens is 4. The maximum absolute atomic E-state index is 12.1. The van der Waals surface area contributed by atoms with Gasteiger partial charge in [-0.3, -0.25) is 0 Å². The molecule has 0 aliphatic rings. The number of hydrogen-bond donors (Lipinski definition) is 1. The van der Waals surface area contributed by atoms with E-state index in [4.69, 9.17) is 0 Å². The van der Waals surface area contributed by atoms with Gasteiger partial charge in [-0.25, -0.2) is 0 Å². The van der Waals surface area contributed by atoms with Crippen molar-refractivity contribution in [1.29, 1.82) is 0 Å². The van der Waals surface area contributed by atoms with E-state index in [1.807, 2.05) is 0 Å². The smallest absolute Gasteiger partial charge is 0.405 e. The van der Waals surface area contributed by atoms with Crippen LogP contribution >= 0.6 is 15.9 Å². The van der Waals surface area contributed by atoms with Crippen molar-refractivity contribution >= 4 is 15.9 Å². The predicted molar refractivity (Wildman–Crippen MR) is 67.4 cm³/mol. The molecule has 0 saturated heterocycles. The van der Waals surface area contributed by atoms with E-state index in [0.717, 1.165) is 12.1 Å². The predicted octanol–water partition coefficient (Wildman–Crippen LogP) is 4.09. The first-order valence-corrected chi connectivity index (χ1v) is 6.32. The first-order chi connectivity index (χ1) is 8.28. The summed E-state index contributed by atoms with van der Waals surface area (Å²) in [5.41, 5.74) is 0.900. The molecule has 102 valence electrons. The number of rotatable bonds is 5. The molecule has 18 heavy (non-hydrogen) atoms. The molecule has 1 rings (SSSR count). The molecule has 1 aromatic carbocycles. The van der Waals surface area contributed by atoms with E-state index >= 15 is 0 Å². The second-order valence-corrected chi connectivity index (χ2v) is 5.19. The van der Waals surface area contributed by atoms with Gasteiger partial charge in [0.15, 0.2) is 0 Å². The Bertz CT molecular complexity index is 393. The lowest BCUT2D eigenvalue weighted by molar-refractivity contribution is -0.274. The number of hydrogen-bond acceptors (Lipinski definition) is 2. The molecule has 0 aliphatic heterocycles. The zero-order valence-corrected chi connectivity index (χ0v) is 11.7. The van der Waals surface area contributed by atoms with E-state index in [2.05, 4.69) is 39.8 Å². The highest BCUT2D eigenvalue weighted by molar-refractivity contribution is 9.10. The maximum Gasteiger partial charge on any atom is 0.573 e. The van der Waals surface area contributed by atoms with Crippen LogP contribution in [0.1, 0.15) is 19.4 Å². The molecule has 1 aromatic rings. The lowest BCUT2D eigenvalue weighted by Gasteiger charge is -2.12. The van der Waals surface area contributed by atoms with Crippen LogP contribution in [0.3, 0.4) is 0 Å². The molecule has 0 aromatic heterocycles. The van der Waals surface area contributed by atoms with E-state index in [0.29, 0.717) is 16.9 Å². The van der Waals surface area contributed by atoms with Crippen LogP contribution in [-0.2, 0) is 6.54 Å². The van der Waals surface area contributed by atoms with Crippen molar-refractivity contribution in [3.8, 4) is 5.75 Å². The summed E-state index contributed by atoms with van der Waals surface area (Å²) in [4.78, 5) is 0. The maximum atomic E-state index is 12.1. The zero-order chi connectivity index (χ0) is 13.8. The van der Waals surface area contributed by atoms with Gasteiger partial charge in [0.05, 0.1) is 4.47 Å². The van der Waals surface area contributed by atoms with Crippen molar-refractivity contribution in [3.63, 3.8) is 0 Å². The molecule has 0 fully saturated rings. The number of benzene rings is 1. The Hall–Kier alpha value is -0.750. The van der Waals surface area contributed by atoms with Gasteiger partial charge in [-0.2, -0.15) is 0 Å². The third kappa shape index (κ3) is 5.73. The van der Waals surface area contributed by atoms with Gasteiger partial charge in [-0.15, -0.1) is 13.2 Å². The molecule has 0 saturated carbocycles. The highest BCUT2D eigenvalue weighted by Crippen LogP contribution is 2.30. The molecular formula is C12H15BrF3NO. The van der Waals surface area contributed by atoms with E-state index in [1.54, 1.807) is 12.1 Å². The SMILES string of the molecule is CC(C)CNCc1ccc(OC(F)(F)F)c(Br)c1. The van der Waals surface area contributed by atoms with Gasteiger partial charge in [0, 0.05) is 6.54 Å². The lowest BCUT2D eigenvalue weighted by Crippen LogP contribution is -2.19. The summed E-state index contributed by atoms with van der Waals surface area (Å²) in [5, 5.41) is 3.21. The van der Waals surface area contributed by atoms with Gasteiger partial charge in [0.1, 0.15) is 5.75 Å². The van der Waals surface area contributed by atoms with Crippen LogP contribution < -0.4 is 10.1 Å². The average Bonchev–Trinajstić information content (AvgIpc) is 2.19. The summed E-state index contributed by atoms with van der Waals surface area (Å²) in [6, 6.07) is 4.54. The van der Waals surface area contributed by atoms with Gasteiger partial charge in [-0.1, -0.05) is 19.9 Å². The molecule has 1 N–H and O–H groups in total. The monoisotopic (exact) mass is 325 g/mol. The highest BCUT2D eigenvalue weighted by atomic mass is 79.9. The van der Waals surface area contributed by atoms with Gasteiger partial charge in [-0.05, 0) is 46.1 Å². The van der Waals surface area contributed by atoms with Gasteiger partial charge < -0.3 is 10.1 Å². The van der Waals surface area contributed by atoms with Crippen LogP contribution in [0.2, 0.25) is 0 Å². The third-order valence-corrected chi connectivity index (χ3v) is 2.72. The summed E-state index contributed by atoms with van der Waals surface area (Å²) >= 11 is 3.07. The fraction of sp³-hybridized carbons (Fsp3) is 0.500. The summed E-state index contributed by atoms with van der Waals surface area (Å²) in [6.07, 6.45) is -4.67. The molecule has 0 amide bonds. The highest BCUT2D eigenvalue weighted by Gasteiger charge is 2.31. The van der Waals surface area contributed by atoms with Crippen molar-refractivity contribution < 1.29 is 17.9 Å². The van der Waals surface area contributed by atoms with Crippen LogP contribution in [0.15, 0.2) is 22.7 Å². The largest absolute Gasteiger partial charge is 0.573 e. The molecule has 0 unspecified atom stereocenters. The van der Waals surface area contributed by atoms with Crippen LogP contribution in [-0.4, -0.2) is 12.9 Å². The second-order valence-electron chi connectivity index (χ2n) is 4.34. The van der Waals surface area contributed by atoms with Crippen LogP contribution in [0.25, 0.3) is 0 Å². The van der Waals surface area contributed by atoms with Crippen LogP contribution in [0.4, 0.5) is 13.2 Å². The summed E-state index contributed by atoms with van der Waals surface area (Å²) in [6.45, 7) is 5.65. The van der Waals surface area contributed by atoms with Crippen LogP contribution in [0, 0.1) is 5.92 Å². The molecule has 0 heterocycles. The average molecular weight is 326 g/mol. The Labute approximate surface area is 113 Å².